The Kier molecular flexibility index (Phi) is 33.1. The van der Waals surface area contributed by atoms with Gasteiger partial charge in [0, 0.05) is 20.8 Å². The average Bonchev–Trinajstić information content (AvgIpc) is 2.74. The summed E-state index contributed by atoms with van der Waals surface area (Å²) < 4.78 is 14.3. The van der Waals surface area contributed by atoms with Crippen LogP contribution in [0.3, 0.4) is 0 Å². The van der Waals surface area contributed by atoms with Gasteiger partial charge in [0.2, 0.25) is 0 Å². The third-order valence-electron chi connectivity index (χ3n) is 4.17. The summed E-state index contributed by atoms with van der Waals surface area (Å²) in [4.78, 5) is 31.2. The lowest BCUT2D eigenvalue weighted by Crippen LogP contribution is -2.17. The second kappa shape index (κ2) is 28.8. The number of hydrogen-bond donors (Lipinski definition) is 2. The van der Waals surface area contributed by atoms with E-state index in [0.717, 1.165) is 57.6 Å². The highest BCUT2D eigenvalue weighted by atomic mass is 16.5. The van der Waals surface area contributed by atoms with Crippen molar-refractivity contribution in [2.24, 2.45) is 0 Å². The first-order valence-corrected chi connectivity index (χ1v) is 11.9. The van der Waals surface area contributed by atoms with Crippen molar-refractivity contribution < 1.29 is 38.8 Å². The summed E-state index contributed by atoms with van der Waals surface area (Å²) >= 11 is 0. The molecule has 0 rings (SSSR count). The summed E-state index contributed by atoms with van der Waals surface area (Å²) in [6, 6.07) is 0. The van der Waals surface area contributed by atoms with Crippen molar-refractivity contribution >= 4 is 17.9 Å². The van der Waals surface area contributed by atoms with Gasteiger partial charge in [0.05, 0.1) is 24.6 Å². The van der Waals surface area contributed by atoms with Crippen molar-refractivity contribution in [1.82, 2.24) is 0 Å². The molecular weight excluding hydrogens is 440 g/mol. The normalized spacial score (nSPS) is 12.9. The van der Waals surface area contributed by atoms with Crippen LogP contribution in [0.15, 0.2) is 26.0 Å². The molecule has 2 N–H and O–H groups in total. The molecule has 0 aliphatic heterocycles. The van der Waals surface area contributed by atoms with Crippen LogP contribution in [0.4, 0.5) is 0 Å². The molecule has 202 valence electrons. The standard InChI is InChI=1S/C12H22O4.C8H18O2.C4H6O2.C2H4/c1-5-12(16-11(4)14)8-6-7-9(2)15-10(3)13;1-3-8(10)6-4-5-7(2)9;1-3-6-4(2)5;1-2/h9,12H,5-8H2,1-4H3;7-10H,3-6H2,1-2H3;3H,1H2,2H3;1-2H2. The molecule has 34 heavy (non-hydrogen) atoms. The van der Waals surface area contributed by atoms with Crippen LogP contribution in [0.1, 0.15) is 99.8 Å². The van der Waals surface area contributed by atoms with Crippen LogP contribution in [0.5, 0.6) is 0 Å². The molecule has 0 aliphatic carbocycles. The minimum Gasteiger partial charge on any atom is -0.463 e. The zero-order valence-electron chi connectivity index (χ0n) is 22.5. The van der Waals surface area contributed by atoms with Gasteiger partial charge in [0.25, 0.3) is 0 Å². The smallest absolute Gasteiger partial charge is 0.307 e. The molecule has 4 atom stereocenters. The zero-order chi connectivity index (χ0) is 27.5. The van der Waals surface area contributed by atoms with Crippen molar-refractivity contribution in [3.8, 4) is 0 Å². The van der Waals surface area contributed by atoms with Gasteiger partial charge in [-0.15, -0.1) is 13.2 Å². The van der Waals surface area contributed by atoms with Crippen molar-refractivity contribution in [1.29, 1.82) is 0 Å². The van der Waals surface area contributed by atoms with Crippen LogP contribution in [-0.2, 0) is 28.6 Å². The first-order valence-electron chi connectivity index (χ1n) is 11.9. The van der Waals surface area contributed by atoms with E-state index in [9.17, 15) is 14.4 Å². The maximum atomic E-state index is 10.8. The number of rotatable bonds is 13. The Labute approximate surface area is 207 Å². The van der Waals surface area contributed by atoms with Crippen molar-refractivity contribution in [3.63, 3.8) is 0 Å². The highest BCUT2D eigenvalue weighted by Gasteiger charge is 2.11. The van der Waals surface area contributed by atoms with Crippen LogP contribution < -0.4 is 0 Å². The number of carbonyl (C=O) groups is 3. The summed E-state index contributed by atoms with van der Waals surface area (Å²) in [6.07, 6.45) is 7.34. The fourth-order valence-corrected chi connectivity index (χ4v) is 2.53. The molecule has 0 amide bonds. The van der Waals surface area contributed by atoms with Gasteiger partial charge in [0.1, 0.15) is 6.10 Å². The average molecular weight is 491 g/mol. The SMILES string of the molecule is C=C.C=COC(C)=O.CCC(CCCC(C)OC(C)=O)OC(C)=O.CCC(O)CCCC(C)O. The van der Waals surface area contributed by atoms with Crippen LogP contribution in [0.25, 0.3) is 0 Å². The molecule has 0 aromatic heterocycles. The zero-order valence-corrected chi connectivity index (χ0v) is 22.5. The summed E-state index contributed by atoms with van der Waals surface area (Å²) in [6.45, 7) is 20.9. The largest absolute Gasteiger partial charge is 0.463 e. The highest BCUT2D eigenvalue weighted by Crippen LogP contribution is 2.12. The van der Waals surface area contributed by atoms with E-state index in [1.54, 1.807) is 6.92 Å². The number of carbonyl (C=O) groups excluding carboxylic acids is 3. The Morgan fingerprint density at radius 3 is 1.62 bits per heavy atom. The molecule has 8 nitrogen and oxygen atoms in total. The Bertz CT molecular complexity index is 505. The lowest BCUT2D eigenvalue weighted by Gasteiger charge is -2.16. The molecule has 0 fully saturated rings. The monoisotopic (exact) mass is 490 g/mol. The van der Waals surface area contributed by atoms with Crippen LogP contribution in [0.2, 0.25) is 0 Å². The minimum absolute atomic E-state index is 0.0120. The van der Waals surface area contributed by atoms with Gasteiger partial charge in [-0.25, -0.2) is 0 Å². The van der Waals surface area contributed by atoms with E-state index in [-0.39, 0.29) is 42.3 Å². The number of ether oxygens (including phenoxy) is 3. The van der Waals surface area contributed by atoms with Gasteiger partial charge in [0.15, 0.2) is 0 Å². The molecule has 4 unspecified atom stereocenters. The molecule has 0 saturated carbocycles. The summed E-state index contributed by atoms with van der Waals surface area (Å²) in [5.74, 6) is -0.815. The van der Waals surface area contributed by atoms with Gasteiger partial charge in [-0.2, -0.15) is 0 Å². The molecule has 0 heterocycles. The van der Waals surface area contributed by atoms with E-state index < -0.39 is 0 Å². The Hall–Kier alpha value is -2.19. The van der Waals surface area contributed by atoms with E-state index in [1.807, 2.05) is 20.8 Å². The topological polar surface area (TPSA) is 119 Å². The molecule has 8 heteroatoms. The van der Waals surface area contributed by atoms with Crippen molar-refractivity contribution in [3.05, 3.63) is 26.0 Å². The Morgan fingerprint density at radius 2 is 1.29 bits per heavy atom. The third-order valence-corrected chi connectivity index (χ3v) is 4.17. The minimum atomic E-state index is -0.329. The van der Waals surface area contributed by atoms with Crippen LogP contribution >= 0.6 is 0 Å². The molecular formula is C26H50O8. The fourth-order valence-electron chi connectivity index (χ4n) is 2.53. The van der Waals surface area contributed by atoms with Gasteiger partial charge in [-0.1, -0.05) is 20.4 Å². The van der Waals surface area contributed by atoms with E-state index in [0.29, 0.717) is 0 Å². The lowest BCUT2D eigenvalue weighted by molar-refractivity contribution is -0.147. The molecule has 0 aromatic carbocycles. The lowest BCUT2D eigenvalue weighted by atomic mass is 10.1. The molecule has 0 saturated heterocycles. The van der Waals surface area contributed by atoms with Crippen molar-refractivity contribution in [2.45, 2.75) is 124 Å². The number of esters is 3. The predicted octanol–water partition coefficient (Wildman–Crippen LogP) is 5.25. The number of hydrogen-bond acceptors (Lipinski definition) is 8. The third kappa shape index (κ3) is 40.2. The first-order chi connectivity index (χ1) is 15.9. The van der Waals surface area contributed by atoms with E-state index in [1.165, 1.54) is 20.8 Å². The predicted molar refractivity (Wildman–Crippen MR) is 136 cm³/mol. The molecule has 0 aliphatic rings. The molecule has 0 spiro atoms. The summed E-state index contributed by atoms with van der Waals surface area (Å²) in [5, 5.41) is 17.9. The van der Waals surface area contributed by atoms with Gasteiger partial charge in [-0.05, 0) is 65.2 Å². The fraction of sp³-hybridized carbons (Fsp3) is 0.731. The summed E-state index contributed by atoms with van der Waals surface area (Å²) in [7, 11) is 0. The summed E-state index contributed by atoms with van der Waals surface area (Å²) in [5.41, 5.74) is 0. The maximum absolute atomic E-state index is 10.8. The molecule has 0 radical (unpaired) electrons. The first kappa shape index (κ1) is 39.0. The maximum Gasteiger partial charge on any atom is 0.307 e. The van der Waals surface area contributed by atoms with E-state index in [2.05, 4.69) is 24.5 Å². The van der Waals surface area contributed by atoms with Gasteiger partial charge < -0.3 is 24.4 Å². The van der Waals surface area contributed by atoms with Gasteiger partial charge >= 0.3 is 17.9 Å². The van der Waals surface area contributed by atoms with E-state index in [4.69, 9.17) is 19.7 Å². The number of aliphatic hydroxyl groups is 2. The van der Waals surface area contributed by atoms with Crippen LogP contribution in [0, 0.1) is 0 Å². The Balaban J connectivity index is -0.000000213. The second-order valence-corrected chi connectivity index (χ2v) is 7.61. The van der Waals surface area contributed by atoms with Gasteiger partial charge in [-0.3, -0.25) is 14.4 Å². The molecule has 0 aromatic rings. The van der Waals surface area contributed by atoms with E-state index >= 15 is 0 Å². The molecule has 0 bridgehead atoms. The highest BCUT2D eigenvalue weighted by molar-refractivity contribution is 5.66. The number of aliphatic hydroxyl groups excluding tert-OH is 2. The quantitative estimate of drug-likeness (QED) is 0.155. The van der Waals surface area contributed by atoms with Crippen molar-refractivity contribution in [2.75, 3.05) is 0 Å². The van der Waals surface area contributed by atoms with Crippen LogP contribution in [-0.4, -0.2) is 52.5 Å². The second-order valence-electron chi connectivity index (χ2n) is 7.61. The Morgan fingerprint density at radius 1 is 0.794 bits per heavy atom.